The minimum atomic E-state index is -1.59. The first-order valence-electron chi connectivity index (χ1n) is 32.2. The van der Waals surface area contributed by atoms with Crippen LogP contribution < -0.4 is 54.0 Å². The SMILES string of the molecule is CC[C@H](C)[C@@H]([C@@H](CC(=O)N1CCC[C@H]1[C@H](OC)[C@@H](C)C(=O)N[C@@H](Cc1ccccc1)c1nccs1)OC)N(C)C(=O)[C@@H](NC(=O)C(C)(C)NC(=O)OCc1ccc(NC(=O)[C@H](CCCNC(N)=O)NC(=O)[C@@H](NC(=O)[C@H](CCCCN)NC(C)=O)C(C)C)cc1)C(C)C. The number of likely N-dealkylation sites (tertiary alicyclic amines) is 1. The van der Waals surface area contributed by atoms with Crippen molar-refractivity contribution in [2.24, 2.45) is 35.1 Å². The summed E-state index contributed by atoms with van der Waals surface area (Å²) in [5.74, 6) is -5.44. The van der Waals surface area contributed by atoms with E-state index in [4.69, 9.17) is 25.7 Å². The van der Waals surface area contributed by atoms with Gasteiger partial charge in [0.1, 0.15) is 41.3 Å². The summed E-state index contributed by atoms with van der Waals surface area (Å²) < 4.78 is 17.7. The van der Waals surface area contributed by atoms with Gasteiger partial charge < -0.3 is 78.0 Å². The van der Waals surface area contributed by atoms with Crippen LogP contribution in [0.25, 0.3) is 0 Å². The zero-order valence-electron chi connectivity index (χ0n) is 56.5. The van der Waals surface area contributed by atoms with Gasteiger partial charge in [-0.1, -0.05) is 97.4 Å². The van der Waals surface area contributed by atoms with Gasteiger partial charge in [-0.25, -0.2) is 14.6 Å². The number of hydrogen-bond donors (Lipinski definition) is 10. The summed E-state index contributed by atoms with van der Waals surface area (Å²) in [4.78, 5) is 143. The Labute approximate surface area is 552 Å². The number of nitrogens with two attached hydrogens (primary N) is 2. The first-order chi connectivity index (χ1) is 44.1. The highest BCUT2D eigenvalue weighted by Gasteiger charge is 2.44. The number of methoxy groups -OCH3 is 2. The molecule has 11 atom stereocenters. The van der Waals surface area contributed by atoms with E-state index in [-0.39, 0.29) is 56.2 Å². The number of urea groups is 1. The first kappa shape index (κ1) is 77.7. The van der Waals surface area contributed by atoms with Crippen LogP contribution in [-0.2, 0) is 65.6 Å². The van der Waals surface area contributed by atoms with Crippen molar-refractivity contribution in [2.45, 2.75) is 200 Å². The molecule has 0 saturated carbocycles. The lowest BCUT2D eigenvalue weighted by molar-refractivity contribution is -0.148. The number of likely N-dealkylation sites (N-methyl/N-ethyl adjacent to an activating group) is 1. The predicted molar refractivity (Wildman–Crippen MR) is 355 cm³/mol. The van der Waals surface area contributed by atoms with Crippen molar-refractivity contribution >= 4 is 76.4 Å². The first-order valence-corrected chi connectivity index (χ1v) is 33.1. The van der Waals surface area contributed by atoms with E-state index in [1.807, 2.05) is 56.5 Å². The molecule has 2 heterocycles. The summed E-state index contributed by atoms with van der Waals surface area (Å²) in [7, 11) is 4.69. The molecule has 4 rings (SSSR count). The normalized spacial score (nSPS) is 16.4. The highest BCUT2D eigenvalue weighted by atomic mass is 32.1. The number of anilines is 1. The Hall–Kier alpha value is -7.75. The Morgan fingerprint density at radius 1 is 0.774 bits per heavy atom. The molecule has 12 N–H and O–H groups in total. The van der Waals surface area contributed by atoms with Crippen molar-refractivity contribution in [3.05, 3.63) is 82.3 Å². The van der Waals surface area contributed by atoms with Crippen molar-refractivity contribution in [3.8, 4) is 0 Å². The van der Waals surface area contributed by atoms with E-state index < -0.39 is 119 Å². The number of thiazole rings is 1. The van der Waals surface area contributed by atoms with Crippen LogP contribution in [0.4, 0.5) is 15.3 Å². The molecule has 516 valence electrons. The van der Waals surface area contributed by atoms with Crippen LogP contribution in [0.15, 0.2) is 66.2 Å². The number of carbonyl (C=O) groups is 10. The highest BCUT2D eigenvalue weighted by molar-refractivity contribution is 7.09. The number of alkyl carbamates (subject to hydrolysis) is 1. The minimum absolute atomic E-state index is 0.0667. The lowest BCUT2D eigenvalue weighted by Gasteiger charge is -2.41. The van der Waals surface area contributed by atoms with Gasteiger partial charge in [0, 0.05) is 58.5 Å². The molecule has 0 unspecified atom stereocenters. The molecular weight excluding hydrogens is 1210 g/mol. The summed E-state index contributed by atoms with van der Waals surface area (Å²) >= 11 is 1.47. The Morgan fingerprint density at radius 3 is 2.01 bits per heavy atom. The molecule has 27 heteroatoms. The van der Waals surface area contributed by atoms with Gasteiger partial charge in [0.2, 0.25) is 47.3 Å². The zero-order chi connectivity index (χ0) is 69.1. The average molecular weight is 1320 g/mol. The number of nitrogens with one attached hydrogen (secondary N) is 8. The Bertz CT molecular complexity index is 2900. The second kappa shape index (κ2) is 38.4. The van der Waals surface area contributed by atoms with E-state index in [0.29, 0.717) is 69.3 Å². The number of hydrogen-bond acceptors (Lipinski definition) is 16. The molecule has 1 aliphatic rings. The second-order valence-electron chi connectivity index (χ2n) is 25.2. The number of unbranched alkanes of at least 4 members (excludes halogenated alkanes) is 1. The molecule has 1 saturated heterocycles. The molecule has 1 fully saturated rings. The molecule has 0 bridgehead atoms. The van der Waals surface area contributed by atoms with E-state index >= 15 is 0 Å². The lowest BCUT2D eigenvalue weighted by atomic mass is 9.89. The summed E-state index contributed by atoms with van der Waals surface area (Å²) in [6.07, 6.45) is 3.58. The molecule has 0 spiro atoms. The number of amides is 11. The third-order valence-electron chi connectivity index (χ3n) is 16.9. The van der Waals surface area contributed by atoms with Gasteiger partial charge in [0.15, 0.2) is 0 Å². The number of rotatable bonds is 38. The van der Waals surface area contributed by atoms with Gasteiger partial charge in [-0.3, -0.25) is 38.4 Å². The molecule has 1 aromatic heterocycles. The van der Waals surface area contributed by atoms with Crippen LogP contribution in [0, 0.1) is 23.7 Å². The van der Waals surface area contributed by atoms with E-state index in [1.165, 1.54) is 39.2 Å². The van der Waals surface area contributed by atoms with Crippen molar-refractivity contribution in [1.29, 1.82) is 0 Å². The number of benzene rings is 2. The summed E-state index contributed by atoms with van der Waals surface area (Å²) in [6.45, 7) is 17.7. The highest BCUT2D eigenvalue weighted by Crippen LogP contribution is 2.31. The van der Waals surface area contributed by atoms with Gasteiger partial charge in [-0.2, -0.15) is 0 Å². The molecular formula is C66H103N13O13S. The number of primary amides is 1. The van der Waals surface area contributed by atoms with Gasteiger partial charge >= 0.3 is 12.1 Å². The Morgan fingerprint density at radius 2 is 1.43 bits per heavy atom. The smallest absolute Gasteiger partial charge is 0.408 e. The minimum Gasteiger partial charge on any atom is -0.445 e. The van der Waals surface area contributed by atoms with Gasteiger partial charge in [0.05, 0.1) is 42.7 Å². The zero-order valence-corrected chi connectivity index (χ0v) is 57.3. The van der Waals surface area contributed by atoms with Crippen LogP contribution in [0.5, 0.6) is 0 Å². The van der Waals surface area contributed by atoms with Crippen molar-refractivity contribution in [1.82, 2.24) is 52.0 Å². The van der Waals surface area contributed by atoms with Crippen LogP contribution in [0.2, 0.25) is 0 Å². The molecule has 0 aliphatic carbocycles. The van der Waals surface area contributed by atoms with Crippen LogP contribution in [0.1, 0.15) is 149 Å². The third kappa shape index (κ3) is 24.3. The molecule has 93 heavy (non-hydrogen) atoms. The molecule has 2 aromatic carbocycles. The van der Waals surface area contributed by atoms with E-state index in [0.717, 1.165) is 10.6 Å². The predicted octanol–water partition coefficient (Wildman–Crippen LogP) is 4.96. The quantitative estimate of drug-likeness (QED) is 0.0339. The lowest BCUT2D eigenvalue weighted by Crippen LogP contribution is -2.62. The third-order valence-corrected chi connectivity index (χ3v) is 17.8. The molecule has 0 radical (unpaired) electrons. The van der Waals surface area contributed by atoms with Gasteiger partial charge in [-0.15, -0.1) is 11.3 Å². The van der Waals surface area contributed by atoms with Crippen LogP contribution in [-0.4, -0.2) is 169 Å². The fourth-order valence-electron chi connectivity index (χ4n) is 11.4. The van der Waals surface area contributed by atoms with E-state index in [9.17, 15) is 47.9 Å². The number of aromatic nitrogens is 1. The maximum atomic E-state index is 14.7. The fraction of sp³-hybridized carbons (Fsp3) is 0.621. The summed E-state index contributed by atoms with van der Waals surface area (Å²) in [5.41, 5.74) is 11.2. The maximum absolute atomic E-state index is 14.7. The summed E-state index contributed by atoms with van der Waals surface area (Å²) in [5, 5.41) is 24.7. The van der Waals surface area contributed by atoms with E-state index in [1.54, 1.807) is 82.1 Å². The largest absolute Gasteiger partial charge is 0.445 e. The van der Waals surface area contributed by atoms with Gasteiger partial charge in [-0.05, 0) is 113 Å². The molecule has 11 amide bonds. The maximum Gasteiger partial charge on any atom is 0.408 e. The van der Waals surface area contributed by atoms with Crippen molar-refractivity contribution in [2.75, 3.05) is 46.2 Å². The second-order valence-corrected chi connectivity index (χ2v) is 26.1. The standard InChI is InChI=1S/C66H103N13O13S/c1-14-41(6)55(51(90-12)37-52(81)79-34-21-26-50(79)56(91-13)42(7)57(82)74-49(61-69-33-35-93-61)36-44-22-16-15-17-23-44)78(11)62(86)54(40(4)5)76-63(87)66(9,10)77-65(89)92-38-45-27-29-46(30-28-45)72-58(83)48(25-20-32-70-64(68)88)73-60(85)53(39(2)3)75-59(84)47(71-43(8)80)24-18-19-31-67/h15-17,22-23,27-30,33,35,39-42,47-51,53-56H,14,18-21,24-26,31-32,34,36-38,67H2,1-13H3,(H,71,80)(H,72,83)(H,73,85)(H,74,82)(H,75,84)(H,76,87)(H,77,89)(H3,68,70,88)/t41-,42+,47-,48-,49-,50-,51+,53-,54-,55-,56+/m0/s1. The molecule has 26 nitrogen and oxygen atoms in total. The van der Waals surface area contributed by atoms with Crippen LogP contribution in [0.3, 0.4) is 0 Å². The molecule has 1 aliphatic heterocycles. The Kier molecular flexibility index (Phi) is 32.1. The Balaban J connectivity index is 1.38. The number of carbonyl (C=O) groups excluding carboxylic acids is 10. The monoisotopic (exact) mass is 1320 g/mol. The topological polar surface area (TPSA) is 366 Å². The fourth-order valence-corrected chi connectivity index (χ4v) is 12.1. The van der Waals surface area contributed by atoms with Crippen LogP contribution >= 0.6 is 11.3 Å². The molecule has 3 aromatic rings. The number of ether oxygens (including phenoxy) is 3. The average Bonchev–Trinajstić information content (AvgIpc) is 2.61. The van der Waals surface area contributed by atoms with Gasteiger partial charge in [0.25, 0.3) is 0 Å². The van der Waals surface area contributed by atoms with E-state index in [2.05, 4.69) is 47.5 Å². The number of nitrogens with zero attached hydrogens (tertiary/aromatic N) is 3. The summed E-state index contributed by atoms with van der Waals surface area (Å²) in [6, 6.07) is 9.80. The van der Waals surface area contributed by atoms with Crippen molar-refractivity contribution in [3.63, 3.8) is 0 Å². The van der Waals surface area contributed by atoms with Crippen molar-refractivity contribution < 1.29 is 62.2 Å².